The first kappa shape index (κ1) is 21.6. The zero-order valence-electron chi connectivity index (χ0n) is 17.7. The maximum atomic E-state index is 13.4. The lowest BCUT2D eigenvalue weighted by molar-refractivity contribution is 0.340. The molecule has 0 fully saturated rings. The number of ether oxygens (including phenoxy) is 1. The number of sulfone groups is 1. The van der Waals surface area contributed by atoms with Gasteiger partial charge < -0.3 is 14.5 Å². The maximum Gasteiger partial charge on any atom is 0.233 e. The van der Waals surface area contributed by atoms with E-state index >= 15 is 0 Å². The van der Waals surface area contributed by atoms with Gasteiger partial charge in [-0.3, -0.25) is 0 Å². The van der Waals surface area contributed by atoms with E-state index in [0.29, 0.717) is 31.2 Å². The predicted molar refractivity (Wildman–Crippen MR) is 123 cm³/mol. The topological polar surface area (TPSA) is 81.4 Å². The fourth-order valence-electron chi connectivity index (χ4n) is 3.26. The Balaban J connectivity index is 1.67. The van der Waals surface area contributed by atoms with E-state index in [-0.39, 0.29) is 15.8 Å². The van der Waals surface area contributed by atoms with Crippen molar-refractivity contribution in [3.63, 3.8) is 0 Å². The third-order valence-corrected chi connectivity index (χ3v) is 6.51. The van der Waals surface area contributed by atoms with Crippen LogP contribution in [-0.2, 0) is 22.8 Å². The van der Waals surface area contributed by atoms with Crippen LogP contribution >= 0.6 is 0 Å². The van der Waals surface area contributed by atoms with E-state index in [1.54, 1.807) is 12.1 Å². The number of benzene rings is 3. The number of nitrogens with one attached hydrogen (secondary N) is 1. The van der Waals surface area contributed by atoms with E-state index in [1.807, 2.05) is 67.6 Å². The number of aromatic nitrogens is 1. The third-order valence-electron chi connectivity index (χ3n) is 4.83. The van der Waals surface area contributed by atoms with Crippen LogP contribution in [0.2, 0.25) is 0 Å². The molecule has 0 unspecified atom stereocenters. The molecule has 4 aromatic rings. The summed E-state index contributed by atoms with van der Waals surface area (Å²) in [5.41, 5.74) is 1.98. The van der Waals surface area contributed by atoms with E-state index in [1.165, 1.54) is 12.1 Å². The van der Waals surface area contributed by atoms with E-state index in [0.717, 1.165) is 11.1 Å². The predicted octanol–water partition coefficient (Wildman–Crippen LogP) is 5.11. The van der Waals surface area contributed by atoms with Crippen LogP contribution in [-0.4, -0.2) is 20.0 Å². The molecule has 6 nitrogen and oxygen atoms in total. The van der Waals surface area contributed by atoms with E-state index in [9.17, 15) is 8.42 Å². The molecule has 0 aliphatic rings. The second-order valence-corrected chi connectivity index (χ2v) is 9.02. The van der Waals surface area contributed by atoms with Crippen molar-refractivity contribution in [1.29, 1.82) is 0 Å². The van der Waals surface area contributed by atoms with Gasteiger partial charge in [-0.2, -0.15) is 4.98 Å². The van der Waals surface area contributed by atoms with E-state index in [4.69, 9.17) is 9.15 Å². The van der Waals surface area contributed by atoms with Gasteiger partial charge >= 0.3 is 0 Å². The Morgan fingerprint density at radius 3 is 2.12 bits per heavy atom. The van der Waals surface area contributed by atoms with Gasteiger partial charge in [-0.15, -0.1) is 0 Å². The molecule has 0 radical (unpaired) electrons. The Bertz CT molecular complexity index is 1250. The Kier molecular flexibility index (Phi) is 6.56. The zero-order valence-corrected chi connectivity index (χ0v) is 18.5. The van der Waals surface area contributed by atoms with E-state index in [2.05, 4.69) is 10.3 Å². The molecule has 0 bridgehead atoms. The first-order chi connectivity index (χ1) is 15.6. The Morgan fingerprint density at radius 1 is 0.875 bits per heavy atom. The average molecular weight is 449 g/mol. The highest BCUT2D eigenvalue weighted by Gasteiger charge is 2.28. The molecule has 0 aliphatic heterocycles. The molecule has 7 heteroatoms. The minimum absolute atomic E-state index is 0.122. The van der Waals surface area contributed by atoms with Crippen LogP contribution < -0.4 is 10.1 Å². The van der Waals surface area contributed by atoms with Gasteiger partial charge in [0.2, 0.25) is 26.6 Å². The van der Waals surface area contributed by atoms with Crippen LogP contribution in [0.15, 0.2) is 99.3 Å². The molecule has 0 aliphatic carbocycles. The van der Waals surface area contributed by atoms with Gasteiger partial charge in [-0.05, 0) is 42.3 Å². The lowest BCUT2D eigenvalue weighted by Gasteiger charge is -2.07. The number of hydrogen-bond acceptors (Lipinski definition) is 6. The minimum atomic E-state index is -3.90. The molecule has 1 heterocycles. The Morgan fingerprint density at radius 2 is 1.50 bits per heavy atom. The molecular formula is C25H24N2O4S. The van der Waals surface area contributed by atoms with Crippen LogP contribution in [0.3, 0.4) is 0 Å². The van der Waals surface area contributed by atoms with Crippen molar-refractivity contribution >= 4 is 15.7 Å². The summed E-state index contributed by atoms with van der Waals surface area (Å²) >= 11 is 0. The quantitative estimate of drug-likeness (QED) is 0.383. The summed E-state index contributed by atoms with van der Waals surface area (Å²) in [6.45, 7) is 2.79. The highest BCUT2D eigenvalue weighted by atomic mass is 32.2. The molecule has 1 N–H and O–H groups in total. The first-order valence-corrected chi connectivity index (χ1v) is 11.8. The summed E-state index contributed by atoms with van der Waals surface area (Å²) in [4.78, 5) is 4.50. The standard InChI is InChI=1S/C25H24N2O4S/c1-2-30-21-13-15-22(16-14-21)32(28,29)25-24(26-18-20-11-7-4-8-12-20)31-23(27-25)17-19-9-5-3-6-10-19/h3-16,26H,2,17-18H2,1H3. The summed E-state index contributed by atoms with van der Waals surface area (Å²) in [5, 5.41) is 2.99. The van der Waals surface area contributed by atoms with Gasteiger partial charge in [-0.25, -0.2) is 8.42 Å². The normalized spacial score (nSPS) is 11.3. The molecule has 164 valence electrons. The van der Waals surface area contributed by atoms with Gasteiger partial charge in [0.25, 0.3) is 0 Å². The van der Waals surface area contributed by atoms with Crippen LogP contribution in [0.1, 0.15) is 23.9 Å². The highest BCUT2D eigenvalue weighted by molar-refractivity contribution is 7.91. The van der Waals surface area contributed by atoms with Crippen molar-refractivity contribution in [2.45, 2.75) is 29.8 Å². The fraction of sp³-hybridized carbons (Fsp3) is 0.160. The van der Waals surface area contributed by atoms with Gasteiger partial charge in [0.1, 0.15) is 5.75 Å². The smallest absolute Gasteiger partial charge is 0.233 e. The molecule has 32 heavy (non-hydrogen) atoms. The highest BCUT2D eigenvalue weighted by Crippen LogP contribution is 2.30. The second kappa shape index (κ2) is 9.70. The van der Waals surface area contributed by atoms with Crippen molar-refractivity contribution in [2.75, 3.05) is 11.9 Å². The Hall–Kier alpha value is -3.58. The molecular weight excluding hydrogens is 424 g/mol. The molecule has 0 atom stereocenters. The first-order valence-electron chi connectivity index (χ1n) is 10.4. The number of rotatable bonds is 9. The van der Waals surface area contributed by atoms with Crippen LogP contribution in [0, 0.1) is 0 Å². The minimum Gasteiger partial charge on any atom is -0.494 e. The summed E-state index contributed by atoms with van der Waals surface area (Å²) in [7, 11) is -3.90. The molecule has 0 saturated heterocycles. The van der Waals surface area contributed by atoms with Gasteiger partial charge in [-0.1, -0.05) is 60.7 Å². The lowest BCUT2D eigenvalue weighted by atomic mass is 10.2. The molecule has 0 saturated carbocycles. The van der Waals surface area contributed by atoms with Crippen molar-refractivity contribution in [3.8, 4) is 5.75 Å². The Labute approximate surface area is 187 Å². The number of oxazole rings is 1. The average Bonchev–Trinajstić information content (AvgIpc) is 3.23. The molecule has 3 aromatic carbocycles. The van der Waals surface area contributed by atoms with Crippen LogP contribution in [0.5, 0.6) is 5.75 Å². The maximum absolute atomic E-state index is 13.4. The summed E-state index contributed by atoms with van der Waals surface area (Å²) in [5.74, 6) is 1.07. The fourth-order valence-corrected chi connectivity index (χ4v) is 4.56. The number of nitrogens with zero attached hydrogens (tertiary/aromatic N) is 1. The summed E-state index contributed by atoms with van der Waals surface area (Å²) in [6.07, 6.45) is 0.389. The van der Waals surface area contributed by atoms with Crippen molar-refractivity contribution in [2.24, 2.45) is 0 Å². The third kappa shape index (κ3) is 5.00. The zero-order chi connectivity index (χ0) is 22.4. The summed E-state index contributed by atoms with van der Waals surface area (Å²) in [6, 6.07) is 25.7. The molecule has 0 spiro atoms. The molecule has 4 rings (SSSR count). The van der Waals surface area contributed by atoms with E-state index < -0.39 is 9.84 Å². The number of anilines is 1. The van der Waals surface area contributed by atoms with Crippen molar-refractivity contribution in [3.05, 3.63) is 102 Å². The largest absolute Gasteiger partial charge is 0.494 e. The van der Waals surface area contributed by atoms with Crippen molar-refractivity contribution in [1.82, 2.24) is 4.98 Å². The van der Waals surface area contributed by atoms with Crippen LogP contribution in [0.4, 0.5) is 5.88 Å². The van der Waals surface area contributed by atoms with Crippen molar-refractivity contribution < 1.29 is 17.6 Å². The van der Waals surface area contributed by atoms with Gasteiger partial charge in [0.15, 0.2) is 0 Å². The lowest BCUT2D eigenvalue weighted by Crippen LogP contribution is -2.07. The SMILES string of the molecule is CCOc1ccc(S(=O)(=O)c2nc(Cc3ccccc3)oc2NCc2ccccc2)cc1. The molecule has 1 aromatic heterocycles. The van der Waals surface area contributed by atoms with Gasteiger partial charge in [0, 0.05) is 13.0 Å². The second-order valence-electron chi connectivity index (χ2n) is 7.15. The molecule has 0 amide bonds. The number of hydrogen-bond donors (Lipinski definition) is 1. The summed E-state index contributed by atoms with van der Waals surface area (Å²) < 4.78 is 38.1. The van der Waals surface area contributed by atoms with Crippen LogP contribution in [0.25, 0.3) is 0 Å². The monoisotopic (exact) mass is 448 g/mol. The van der Waals surface area contributed by atoms with Gasteiger partial charge in [0.05, 0.1) is 11.5 Å².